The van der Waals surface area contributed by atoms with Gasteiger partial charge in [-0.05, 0) is 18.6 Å². The van der Waals surface area contributed by atoms with Crippen LogP contribution >= 0.6 is 0 Å². The third kappa shape index (κ3) is 7.76. The van der Waals surface area contributed by atoms with Gasteiger partial charge >= 0.3 is 5.97 Å². The van der Waals surface area contributed by atoms with E-state index in [4.69, 9.17) is 10.2 Å². The standard InChI is InChI=1S/C7H6O2.C6H12O/c8-7(9)6-4-2-1-3-5-6;1-2-3-4-5-6-7/h1-5H,(H,8,9);4-5,7H,2-3,6H2,1H3. The Labute approximate surface area is 96.1 Å². The lowest BCUT2D eigenvalue weighted by atomic mass is 10.2. The molecule has 0 fully saturated rings. The molecule has 0 aliphatic carbocycles. The van der Waals surface area contributed by atoms with Crippen LogP contribution in [0, 0.1) is 0 Å². The van der Waals surface area contributed by atoms with Crippen LogP contribution in [0.15, 0.2) is 42.5 Å². The van der Waals surface area contributed by atoms with Crippen LogP contribution in [-0.2, 0) is 0 Å². The first-order chi connectivity index (χ1) is 7.72. The minimum absolute atomic E-state index is 0.181. The molecule has 0 unspecified atom stereocenters. The van der Waals surface area contributed by atoms with E-state index in [-0.39, 0.29) is 6.61 Å². The summed E-state index contributed by atoms with van der Waals surface area (Å²) in [6.45, 7) is 2.29. The number of hydrogen-bond donors (Lipinski definition) is 2. The van der Waals surface area contributed by atoms with Crippen molar-refractivity contribution in [2.75, 3.05) is 6.61 Å². The minimum Gasteiger partial charge on any atom is -0.478 e. The zero-order valence-corrected chi connectivity index (χ0v) is 9.47. The summed E-state index contributed by atoms with van der Waals surface area (Å²) in [4.78, 5) is 10.2. The van der Waals surface area contributed by atoms with Crippen molar-refractivity contribution < 1.29 is 15.0 Å². The van der Waals surface area contributed by atoms with Crippen LogP contribution in [0.3, 0.4) is 0 Å². The van der Waals surface area contributed by atoms with Gasteiger partial charge in [0, 0.05) is 0 Å². The van der Waals surface area contributed by atoms with E-state index in [2.05, 4.69) is 6.92 Å². The third-order valence-corrected chi connectivity index (χ3v) is 1.75. The van der Waals surface area contributed by atoms with Crippen LogP contribution in [-0.4, -0.2) is 22.8 Å². The average molecular weight is 222 g/mol. The molecule has 0 heterocycles. The molecule has 1 aromatic carbocycles. The summed E-state index contributed by atoms with van der Waals surface area (Å²) in [6.07, 6.45) is 6.00. The van der Waals surface area contributed by atoms with E-state index >= 15 is 0 Å². The molecule has 3 heteroatoms. The van der Waals surface area contributed by atoms with E-state index in [9.17, 15) is 4.79 Å². The first kappa shape index (κ1) is 14.4. The summed E-state index contributed by atoms with van der Waals surface area (Å²) in [7, 11) is 0. The van der Waals surface area contributed by atoms with Gasteiger partial charge in [-0.1, -0.05) is 43.7 Å². The largest absolute Gasteiger partial charge is 0.478 e. The van der Waals surface area contributed by atoms with Crippen molar-refractivity contribution in [2.45, 2.75) is 19.8 Å². The predicted octanol–water partition coefficient (Wildman–Crippen LogP) is 2.72. The van der Waals surface area contributed by atoms with Crippen LogP contribution < -0.4 is 0 Å². The molecule has 16 heavy (non-hydrogen) atoms. The Morgan fingerprint density at radius 1 is 1.25 bits per heavy atom. The summed E-state index contributed by atoms with van der Waals surface area (Å²) in [6, 6.07) is 8.30. The van der Waals surface area contributed by atoms with Crippen LogP contribution in [0.2, 0.25) is 0 Å². The van der Waals surface area contributed by atoms with Crippen molar-refractivity contribution in [2.24, 2.45) is 0 Å². The van der Waals surface area contributed by atoms with Crippen LogP contribution in [0.1, 0.15) is 30.1 Å². The fourth-order valence-corrected chi connectivity index (χ4v) is 0.940. The minimum atomic E-state index is -0.879. The molecule has 88 valence electrons. The number of carboxylic acid groups (broad SMARTS) is 1. The highest BCUT2D eigenvalue weighted by Crippen LogP contribution is 1.96. The topological polar surface area (TPSA) is 57.5 Å². The highest BCUT2D eigenvalue weighted by molar-refractivity contribution is 5.87. The van der Waals surface area contributed by atoms with E-state index < -0.39 is 5.97 Å². The number of aliphatic hydroxyl groups is 1. The highest BCUT2D eigenvalue weighted by Gasteiger charge is 1.96. The smallest absolute Gasteiger partial charge is 0.335 e. The molecule has 0 spiro atoms. The van der Waals surface area contributed by atoms with Crippen LogP contribution in [0.5, 0.6) is 0 Å². The van der Waals surface area contributed by atoms with Crippen molar-refractivity contribution in [1.82, 2.24) is 0 Å². The number of aromatic carboxylic acids is 1. The molecule has 0 radical (unpaired) electrons. The van der Waals surface area contributed by atoms with Gasteiger partial charge in [-0.3, -0.25) is 0 Å². The monoisotopic (exact) mass is 222 g/mol. The SMILES string of the molecule is CCCC=CCO.O=C(O)c1ccccc1. The number of hydrogen-bond acceptors (Lipinski definition) is 2. The van der Waals surface area contributed by atoms with Crippen molar-refractivity contribution in [1.29, 1.82) is 0 Å². The van der Waals surface area contributed by atoms with Crippen molar-refractivity contribution in [3.63, 3.8) is 0 Å². The van der Waals surface area contributed by atoms with Gasteiger partial charge in [0.05, 0.1) is 12.2 Å². The van der Waals surface area contributed by atoms with E-state index in [0.29, 0.717) is 5.56 Å². The van der Waals surface area contributed by atoms with E-state index in [1.807, 2.05) is 6.08 Å². The first-order valence-electron chi connectivity index (χ1n) is 5.26. The van der Waals surface area contributed by atoms with Crippen LogP contribution in [0.4, 0.5) is 0 Å². The van der Waals surface area contributed by atoms with Gasteiger partial charge in [0.2, 0.25) is 0 Å². The molecule has 0 amide bonds. The third-order valence-electron chi connectivity index (χ3n) is 1.75. The Morgan fingerprint density at radius 2 is 1.88 bits per heavy atom. The van der Waals surface area contributed by atoms with E-state index in [0.717, 1.165) is 12.8 Å². The first-order valence-corrected chi connectivity index (χ1v) is 5.26. The maximum Gasteiger partial charge on any atom is 0.335 e. The fraction of sp³-hybridized carbons (Fsp3) is 0.308. The van der Waals surface area contributed by atoms with E-state index in [1.54, 1.807) is 36.4 Å². The summed E-state index contributed by atoms with van der Waals surface area (Å²) < 4.78 is 0. The number of aliphatic hydroxyl groups excluding tert-OH is 1. The number of carbonyl (C=O) groups is 1. The highest BCUT2D eigenvalue weighted by atomic mass is 16.4. The maximum absolute atomic E-state index is 10.2. The molecule has 1 rings (SSSR count). The van der Waals surface area contributed by atoms with Crippen molar-refractivity contribution in [3.05, 3.63) is 48.0 Å². The summed E-state index contributed by atoms with van der Waals surface area (Å²) >= 11 is 0. The Kier molecular flexibility index (Phi) is 8.93. The fourth-order valence-electron chi connectivity index (χ4n) is 0.940. The summed E-state index contributed by atoms with van der Waals surface area (Å²) in [5.41, 5.74) is 0.331. The second-order valence-electron chi connectivity index (χ2n) is 3.11. The van der Waals surface area contributed by atoms with Gasteiger partial charge in [0.25, 0.3) is 0 Å². The molecule has 3 nitrogen and oxygen atoms in total. The molecular weight excluding hydrogens is 204 g/mol. The quantitative estimate of drug-likeness (QED) is 0.770. The lowest BCUT2D eigenvalue weighted by Crippen LogP contribution is -1.93. The Bertz CT molecular complexity index is 304. The maximum atomic E-state index is 10.2. The molecule has 0 aliphatic rings. The number of benzene rings is 1. The molecule has 0 aliphatic heterocycles. The van der Waals surface area contributed by atoms with Gasteiger partial charge in [-0.15, -0.1) is 0 Å². The van der Waals surface area contributed by atoms with Crippen molar-refractivity contribution >= 4 is 5.97 Å². The van der Waals surface area contributed by atoms with Gasteiger partial charge in [-0.2, -0.15) is 0 Å². The van der Waals surface area contributed by atoms with E-state index in [1.165, 1.54) is 0 Å². The summed E-state index contributed by atoms with van der Waals surface area (Å²) in [5, 5.41) is 16.6. The Morgan fingerprint density at radius 3 is 2.25 bits per heavy atom. The molecule has 2 N–H and O–H groups in total. The van der Waals surface area contributed by atoms with Gasteiger partial charge in [-0.25, -0.2) is 4.79 Å². The number of unbranched alkanes of at least 4 members (excludes halogenated alkanes) is 1. The predicted molar refractivity (Wildman–Crippen MR) is 64.5 cm³/mol. The lowest BCUT2D eigenvalue weighted by Gasteiger charge is -1.88. The summed E-state index contributed by atoms with van der Waals surface area (Å²) in [5.74, 6) is -0.879. The average Bonchev–Trinajstić information content (AvgIpc) is 2.32. The van der Waals surface area contributed by atoms with Gasteiger partial charge < -0.3 is 10.2 Å². The lowest BCUT2D eigenvalue weighted by molar-refractivity contribution is 0.0697. The van der Waals surface area contributed by atoms with Crippen molar-refractivity contribution in [3.8, 4) is 0 Å². The zero-order chi connectivity index (χ0) is 12.2. The molecule has 1 aromatic rings. The van der Waals surface area contributed by atoms with Crippen LogP contribution in [0.25, 0.3) is 0 Å². The second kappa shape index (κ2) is 9.93. The second-order valence-corrected chi connectivity index (χ2v) is 3.11. The number of allylic oxidation sites excluding steroid dienone is 1. The molecular formula is C13H18O3. The number of carboxylic acids is 1. The zero-order valence-electron chi connectivity index (χ0n) is 9.47. The van der Waals surface area contributed by atoms with Gasteiger partial charge in [0.15, 0.2) is 0 Å². The Hall–Kier alpha value is -1.61. The molecule has 0 aromatic heterocycles. The molecule has 0 bridgehead atoms. The normalized spacial score (nSPS) is 9.62. The molecule has 0 atom stereocenters. The van der Waals surface area contributed by atoms with Gasteiger partial charge in [0.1, 0.15) is 0 Å². The molecule has 0 saturated heterocycles. The number of rotatable bonds is 4. The Balaban J connectivity index is 0.000000293. The molecule has 0 saturated carbocycles.